The average molecular weight is 449 g/mol. The highest BCUT2D eigenvalue weighted by molar-refractivity contribution is 7.93. The molecule has 1 aliphatic heterocycles. The van der Waals surface area contributed by atoms with Gasteiger partial charge < -0.3 is 10.1 Å². The lowest BCUT2D eigenvalue weighted by atomic mass is 9.95. The van der Waals surface area contributed by atoms with Gasteiger partial charge in [0.25, 0.3) is 10.0 Å². The number of sulfonamides is 1. The van der Waals surface area contributed by atoms with Crippen molar-refractivity contribution in [3.8, 4) is 0 Å². The number of ether oxygens (including phenoxy) is 1. The van der Waals surface area contributed by atoms with Crippen molar-refractivity contribution in [1.29, 1.82) is 0 Å². The minimum absolute atomic E-state index is 0.00604. The van der Waals surface area contributed by atoms with Gasteiger partial charge in [-0.05, 0) is 55.9 Å². The standard InChI is InChI=1S/C21H24N2O5S2/c1-2-28-21(25)19-16-5-3-4-6-17(16)29-20(19)23-30(26,27)15-9-7-13(8-10-15)14-11-18(24)22-12-14/h7-10,14,23H,2-6,11-12H2,1H3,(H,22,24). The first kappa shape index (κ1) is 20.9. The van der Waals surface area contributed by atoms with Gasteiger partial charge in [-0.15, -0.1) is 11.3 Å². The number of aryl methyl sites for hydroxylation is 1. The number of carbonyl (C=O) groups excluding carboxylic acids is 2. The molecule has 2 N–H and O–H groups in total. The molecule has 1 atom stereocenters. The van der Waals surface area contributed by atoms with Crippen molar-refractivity contribution in [2.75, 3.05) is 17.9 Å². The molecule has 2 aliphatic rings. The Morgan fingerprint density at radius 2 is 1.97 bits per heavy atom. The van der Waals surface area contributed by atoms with Crippen LogP contribution in [-0.4, -0.2) is 33.4 Å². The molecule has 1 fully saturated rings. The summed E-state index contributed by atoms with van der Waals surface area (Å²) in [5.74, 6) is -0.420. The minimum atomic E-state index is -3.86. The van der Waals surface area contributed by atoms with Crippen molar-refractivity contribution in [2.24, 2.45) is 0 Å². The smallest absolute Gasteiger partial charge is 0.341 e. The maximum Gasteiger partial charge on any atom is 0.341 e. The maximum atomic E-state index is 13.0. The van der Waals surface area contributed by atoms with Crippen molar-refractivity contribution < 1.29 is 22.7 Å². The van der Waals surface area contributed by atoms with Gasteiger partial charge in [0.1, 0.15) is 5.00 Å². The van der Waals surface area contributed by atoms with Gasteiger partial charge in [0.05, 0.1) is 17.1 Å². The molecule has 0 spiro atoms. The Morgan fingerprint density at radius 3 is 2.63 bits per heavy atom. The highest BCUT2D eigenvalue weighted by atomic mass is 32.2. The number of hydrogen-bond acceptors (Lipinski definition) is 6. The predicted octanol–water partition coefficient (Wildman–Crippen LogP) is 3.21. The van der Waals surface area contributed by atoms with Crippen LogP contribution >= 0.6 is 11.3 Å². The Hall–Kier alpha value is -2.39. The first-order chi connectivity index (χ1) is 14.4. The molecular formula is C21H24N2O5S2. The number of thiophene rings is 1. The number of benzene rings is 1. The van der Waals surface area contributed by atoms with E-state index in [4.69, 9.17) is 4.74 Å². The van der Waals surface area contributed by atoms with E-state index in [9.17, 15) is 18.0 Å². The quantitative estimate of drug-likeness (QED) is 0.661. The van der Waals surface area contributed by atoms with Gasteiger partial charge in [-0.1, -0.05) is 12.1 Å². The number of nitrogens with one attached hydrogen (secondary N) is 2. The third-order valence-corrected chi connectivity index (χ3v) is 8.22. The van der Waals surface area contributed by atoms with Crippen molar-refractivity contribution in [3.63, 3.8) is 0 Å². The molecule has 0 saturated carbocycles. The first-order valence-electron chi connectivity index (χ1n) is 10.1. The zero-order valence-corrected chi connectivity index (χ0v) is 18.3. The van der Waals surface area contributed by atoms with E-state index < -0.39 is 16.0 Å². The van der Waals surface area contributed by atoms with Gasteiger partial charge in [0.2, 0.25) is 5.91 Å². The monoisotopic (exact) mass is 448 g/mol. The van der Waals surface area contributed by atoms with Crippen LogP contribution in [0, 0.1) is 0 Å². The Balaban J connectivity index is 1.61. The number of anilines is 1. The lowest BCUT2D eigenvalue weighted by Crippen LogP contribution is -2.16. The number of esters is 1. The van der Waals surface area contributed by atoms with E-state index >= 15 is 0 Å². The summed E-state index contributed by atoms with van der Waals surface area (Å²) in [5.41, 5.74) is 2.19. The molecule has 30 heavy (non-hydrogen) atoms. The number of carbonyl (C=O) groups is 2. The second-order valence-electron chi connectivity index (χ2n) is 7.52. The Bertz CT molecular complexity index is 1070. The van der Waals surface area contributed by atoms with Crippen molar-refractivity contribution in [1.82, 2.24) is 5.32 Å². The van der Waals surface area contributed by atoms with E-state index in [0.717, 1.165) is 41.7 Å². The zero-order valence-electron chi connectivity index (χ0n) is 16.7. The minimum Gasteiger partial charge on any atom is -0.462 e. The van der Waals surface area contributed by atoms with Crippen LogP contribution in [0.4, 0.5) is 5.00 Å². The van der Waals surface area contributed by atoms with E-state index in [0.29, 0.717) is 23.5 Å². The summed E-state index contributed by atoms with van der Waals surface area (Å²) in [4.78, 5) is 25.1. The fourth-order valence-corrected chi connectivity index (χ4v) is 6.58. The topological polar surface area (TPSA) is 102 Å². The molecule has 4 rings (SSSR count). The van der Waals surface area contributed by atoms with Crippen molar-refractivity contribution in [2.45, 2.75) is 49.8 Å². The van der Waals surface area contributed by atoms with Crippen LogP contribution in [0.25, 0.3) is 0 Å². The van der Waals surface area contributed by atoms with Crippen molar-refractivity contribution >= 4 is 38.2 Å². The first-order valence-corrected chi connectivity index (χ1v) is 12.4. The summed E-state index contributed by atoms with van der Waals surface area (Å²) in [6.07, 6.45) is 4.01. The normalized spacial score (nSPS) is 18.6. The van der Waals surface area contributed by atoms with Crippen LogP contribution in [0.15, 0.2) is 29.2 Å². The predicted molar refractivity (Wildman–Crippen MR) is 115 cm³/mol. The number of amides is 1. The van der Waals surface area contributed by atoms with Gasteiger partial charge >= 0.3 is 5.97 Å². The molecular weight excluding hydrogens is 424 g/mol. The lowest BCUT2D eigenvalue weighted by molar-refractivity contribution is -0.119. The average Bonchev–Trinajstić information content (AvgIpc) is 3.31. The second kappa shape index (κ2) is 8.39. The second-order valence-corrected chi connectivity index (χ2v) is 10.3. The highest BCUT2D eigenvalue weighted by Crippen LogP contribution is 2.39. The molecule has 2 heterocycles. The lowest BCUT2D eigenvalue weighted by Gasteiger charge is -2.13. The van der Waals surface area contributed by atoms with Gasteiger partial charge in [0, 0.05) is 23.8 Å². The summed E-state index contributed by atoms with van der Waals surface area (Å²) in [6, 6.07) is 6.56. The van der Waals surface area contributed by atoms with E-state index in [1.807, 2.05) is 0 Å². The molecule has 1 aliphatic carbocycles. The molecule has 2 aromatic rings. The molecule has 9 heteroatoms. The third-order valence-electron chi connectivity index (χ3n) is 5.52. The summed E-state index contributed by atoms with van der Waals surface area (Å²) >= 11 is 1.32. The molecule has 1 aromatic carbocycles. The molecule has 160 valence electrons. The van der Waals surface area contributed by atoms with Crippen molar-refractivity contribution in [3.05, 3.63) is 45.8 Å². The number of fused-ring (bicyclic) bond motifs is 1. The highest BCUT2D eigenvalue weighted by Gasteiger charge is 2.29. The SMILES string of the molecule is CCOC(=O)c1c(NS(=O)(=O)c2ccc(C3CNC(=O)C3)cc2)sc2c1CCCC2. The summed E-state index contributed by atoms with van der Waals surface area (Å²) in [7, 11) is -3.86. The molecule has 0 radical (unpaired) electrons. The summed E-state index contributed by atoms with van der Waals surface area (Å²) in [6.45, 7) is 2.53. The van der Waals surface area contributed by atoms with Crippen LogP contribution in [0.2, 0.25) is 0 Å². The fourth-order valence-electron chi connectivity index (χ4n) is 4.00. The van der Waals surface area contributed by atoms with E-state index in [-0.39, 0.29) is 23.3 Å². The Kier molecular flexibility index (Phi) is 5.84. The summed E-state index contributed by atoms with van der Waals surface area (Å²) < 4.78 is 33.8. The Labute approximate surface area is 179 Å². The molecule has 1 unspecified atom stereocenters. The molecule has 1 amide bonds. The molecule has 1 saturated heterocycles. The van der Waals surface area contributed by atoms with E-state index in [2.05, 4.69) is 10.0 Å². The van der Waals surface area contributed by atoms with Gasteiger partial charge in [-0.25, -0.2) is 13.2 Å². The summed E-state index contributed by atoms with van der Waals surface area (Å²) in [5, 5.41) is 3.11. The molecule has 1 aromatic heterocycles. The van der Waals surface area contributed by atoms with Crippen LogP contribution in [-0.2, 0) is 32.4 Å². The van der Waals surface area contributed by atoms with E-state index in [1.54, 1.807) is 19.1 Å². The van der Waals surface area contributed by atoms with Gasteiger partial charge in [0.15, 0.2) is 0 Å². The van der Waals surface area contributed by atoms with Crippen LogP contribution in [0.3, 0.4) is 0 Å². The van der Waals surface area contributed by atoms with Crippen LogP contribution < -0.4 is 10.0 Å². The van der Waals surface area contributed by atoms with E-state index in [1.165, 1.54) is 23.5 Å². The third kappa shape index (κ3) is 4.09. The van der Waals surface area contributed by atoms with Crippen LogP contribution in [0.5, 0.6) is 0 Å². The number of hydrogen-bond donors (Lipinski definition) is 2. The van der Waals surface area contributed by atoms with Gasteiger partial charge in [-0.2, -0.15) is 0 Å². The largest absolute Gasteiger partial charge is 0.462 e. The van der Waals surface area contributed by atoms with Gasteiger partial charge in [-0.3, -0.25) is 9.52 Å². The zero-order chi connectivity index (χ0) is 21.3. The number of rotatable bonds is 6. The Morgan fingerprint density at radius 1 is 1.23 bits per heavy atom. The van der Waals surface area contributed by atoms with Crippen LogP contribution in [0.1, 0.15) is 58.5 Å². The molecule has 7 nitrogen and oxygen atoms in total. The molecule has 0 bridgehead atoms. The maximum absolute atomic E-state index is 13.0. The fraction of sp³-hybridized carbons (Fsp3) is 0.429.